The lowest BCUT2D eigenvalue weighted by molar-refractivity contribution is -0.159. The maximum absolute atomic E-state index is 13.2. The molecule has 6 N–H and O–H groups in total. The summed E-state index contributed by atoms with van der Waals surface area (Å²) in [6, 6.07) is -3.72. The highest BCUT2D eigenvalue weighted by atomic mass is 28.4. The van der Waals surface area contributed by atoms with E-state index in [1.165, 1.54) is 0 Å². The number of aldehydes is 1. The van der Waals surface area contributed by atoms with E-state index in [0.29, 0.717) is 79.2 Å². The molecule has 3 saturated carbocycles. The molecule has 24 nitrogen and oxygen atoms in total. The zero-order chi connectivity index (χ0) is 81.1. The Morgan fingerprint density at radius 1 is 0.413 bits per heavy atom. The Bertz CT molecular complexity index is 2630. The van der Waals surface area contributed by atoms with Crippen molar-refractivity contribution in [3.05, 3.63) is 0 Å². The highest BCUT2D eigenvalue weighted by molar-refractivity contribution is 6.74. The van der Waals surface area contributed by atoms with Gasteiger partial charge in [0.2, 0.25) is 0 Å². The Kier molecular flexibility index (Phi) is 41.7. The number of carbonyl (C=O) groups is 9. The number of carbonyl (C=O) groups excluding carboxylic acids is 8. The lowest BCUT2D eigenvalue weighted by atomic mass is 9.75. The van der Waals surface area contributed by atoms with Crippen molar-refractivity contribution < 1.29 is 95.4 Å². The van der Waals surface area contributed by atoms with Crippen molar-refractivity contribution in [2.75, 3.05) is 19.8 Å². The summed E-state index contributed by atoms with van der Waals surface area (Å²) in [6.07, 6.45) is 7.06. The molecule has 104 heavy (non-hydrogen) atoms. The van der Waals surface area contributed by atoms with Gasteiger partial charge >= 0.3 is 48.3 Å². The van der Waals surface area contributed by atoms with Gasteiger partial charge in [0.25, 0.3) is 0 Å². The standard InChI is InChI=1S/C25H49NO5Si.C19H35NO5.C19H33NO5.C15H31NO5Si/c1-17(2)19-13-12-18(3)16-21(19)30-22(27)20(26-23(28)31-24(4,5)6)14-15-29-32(10,11)25(7,8)9;2*1-12(2)14-8-7-13(3)11-16(14)24-17(22)15(9-10-21)20-18(23)25-19(4,5)6;1-14(2,3)21-13(19)16-11(12(17)18)9-10-20-22(7,8)15(4,5)6/h17-21H,12-16H2,1-11H3,(H,26,28);12-16,21H,7-11H2,1-6H3,(H,20,23);10,12-16H,7-9,11H2,1-6H3,(H,20,23);11H,9-10H2,1-8H3,(H,16,19)(H,17,18)/t18-,19+,20+,21-;2*13-,14+,15+,16-;11-/m1110/s1. The van der Waals surface area contributed by atoms with Gasteiger partial charge in [-0.3, -0.25) is 0 Å². The van der Waals surface area contributed by atoms with Crippen LogP contribution in [0.15, 0.2) is 0 Å². The van der Waals surface area contributed by atoms with Crippen LogP contribution in [0, 0.1) is 53.3 Å². The van der Waals surface area contributed by atoms with Gasteiger partial charge in [0.1, 0.15) is 71.2 Å². The molecule has 608 valence electrons. The second-order valence-electron chi connectivity index (χ2n) is 37.2. The van der Waals surface area contributed by atoms with E-state index in [2.05, 4.69) is 151 Å². The third kappa shape index (κ3) is 40.8. The largest absolute Gasteiger partial charge is 0.480 e. The monoisotopic (exact) mass is 1520 g/mol. The van der Waals surface area contributed by atoms with Crippen molar-refractivity contribution in [2.24, 2.45) is 53.3 Å². The topological polar surface area (TPSA) is 325 Å². The fourth-order valence-electron chi connectivity index (χ4n) is 11.7. The Morgan fingerprint density at radius 3 is 0.904 bits per heavy atom. The summed E-state index contributed by atoms with van der Waals surface area (Å²) in [4.78, 5) is 108. The molecule has 3 rings (SSSR count). The van der Waals surface area contributed by atoms with Crippen LogP contribution in [-0.2, 0) is 66.0 Å². The van der Waals surface area contributed by atoms with Crippen LogP contribution >= 0.6 is 0 Å². The Morgan fingerprint density at radius 2 is 0.663 bits per heavy atom. The van der Waals surface area contributed by atoms with Crippen molar-refractivity contribution in [2.45, 2.75) is 372 Å². The molecule has 3 fully saturated rings. The second-order valence-corrected chi connectivity index (χ2v) is 46.9. The van der Waals surface area contributed by atoms with Crippen LogP contribution in [-0.4, -0.2) is 166 Å². The summed E-state index contributed by atoms with van der Waals surface area (Å²) in [5.41, 5.74) is -2.64. The van der Waals surface area contributed by atoms with E-state index < -0.39 is 105 Å². The Hall–Kier alpha value is -5.06. The van der Waals surface area contributed by atoms with Gasteiger partial charge in [0.15, 0.2) is 16.6 Å². The zero-order valence-electron chi connectivity index (χ0n) is 70.4. The molecule has 13 atom stereocenters. The van der Waals surface area contributed by atoms with Gasteiger partial charge in [-0.1, -0.05) is 123 Å². The van der Waals surface area contributed by atoms with Crippen LogP contribution in [0.4, 0.5) is 19.2 Å². The molecule has 3 aliphatic carbocycles. The summed E-state index contributed by atoms with van der Waals surface area (Å²) >= 11 is 0. The minimum Gasteiger partial charge on any atom is -0.480 e. The highest BCUT2D eigenvalue weighted by Crippen LogP contribution is 2.40. The van der Waals surface area contributed by atoms with E-state index in [0.717, 1.165) is 57.8 Å². The summed E-state index contributed by atoms with van der Waals surface area (Å²) in [7, 11) is -3.88. The van der Waals surface area contributed by atoms with Gasteiger partial charge in [-0.05, 0) is 211 Å². The summed E-state index contributed by atoms with van der Waals surface area (Å²) in [5.74, 6) is 1.27. The lowest BCUT2D eigenvalue weighted by Gasteiger charge is -2.38. The third-order valence-electron chi connectivity index (χ3n) is 19.7. The van der Waals surface area contributed by atoms with E-state index in [1.807, 2.05) is 0 Å². The molecule has 0 aromatic heterocycles. The van der Waals surface area contributed by atoms with Crippen LogP contribution in [0.2, 0.25) is 36.3 Å². The highest BCUT2D eigenvalue weighted by Gasteiger charge is 2.42. The average molecular weight is 1520 g/mol. The SMILES string of the molecule is CC(C)(C)OC(=O)N[C@@H](CCO[Si](C)(C)C(C)(C)C)C(=O)O.CC(C)[C@@H]1CC[C@@H](C)C[C@H]1OC(=O)[C@H](CC=O)NC(=O)OC(C)(C)C.CC(C)[C@@H]1CC[C@@H](C)C[C@H]1OC(=O)[C@H](CCO)NC(=O)OC(C)(C)C.CC(C)[C@@H]1CC[C@@H](C)C[C@H]1OC(=O)[C@H](CCO[Si](C)(C)C(C)(C)C)NC(=O)OC(C)(C)C. The smallest absolute Gasteiger partial charge is 0.408 e. The second kappa shape index (κ2) is 43.8. The molecule has 4 amide bonds. The number of aliphatic carboxylic acids is 1. The number of hydrogen-bond acceptors (Lipinski definition) is 19. The predicted octanol–water partition coefficient (Wildman–Crippen LogP) is 16.4. The number of aliphatic hydroxyl groups excluding tert-OH is 1. The van der Waals surface area contributed by atoms with Crippen LogP contribution in [0.5, 0.6) is 0 Å². The molecular weight excluding hydrogens is 1370 g/mol. The van der Waals surface area contributed by atoms with Crippen LogP contribution in [0.3, 0.4) is 0 Å². The Balaban J connectivity index is 0.00000137. The van der Waals surface area contributed by atoms with Gasteiger partial charge < -0.3 is 78.3 Å². The first-order valence-electron chi connectivity index (χ1n) is 38.3. The number of ether oxygens (including phenoxy) is 7. The molecule has 0 spiro atoms. The molecule has 26 heteroatoms. The first-order valence-corrected chi connectivity index (χ1v) is 44.1. The van der Waals surface area contributed by atoms with E-state index in [1.54, 1.807) is 83.1 Å². The molecule has 0 radical (unpaired) electrons. The maximum Gasteiger partial charge on any atom is 0.408 e. The molecule has 0 unspecified atom stereocenters. The minimum atomic E-state index is -1.96. The van der Waals surface area contributed by atoms with E-state index in [4.69, 9.17) is 42.0 Å². The van der Waals surface area contributed by atoms with Crippen LogP contribution in [0.25, 0.3) is 0 Å². The van der Waals surface area contributed by atoms with Crippen molar-refractivity contribution in [1.29, 1.82) is 0 Å². The number of amides is 4. The van der Waals surface area contributed by atoms with Gasteiger partial charge in [-0.2, -0.15) is 0 Å². The molecule has 0 aliphatic heterocycles. The van der Waals surface area contributed by atoms with Gasteiger partial charge in [-0.15, -0.1) is 0 Å². The molecule has 0 bridgehead atoms. The molecule has 0 aromatic rings. The van der Waals surface area contributed by atoms with Crippen molar-refractivity contribution in [3.8, 4) is 0 Å². The van der Waals surface area contributed by atoms with E-state index in [9.17, 15) is 53.4 Å². The van der Waals surface area contributed by atoms with Crippen molar-refractivity contribution in [3.63, 3.8) is 0 Å². The summed E-state index contributed by atoms with van der Waals surface area (Å²) < 4.78 is 50.5. The number of rotatable bonds is 26. The zero-order valence-corrected chi connectivity index (χ0v) is 72.4. The van der Waals surface area contributed by atoms with Gasteiger partial charge in [0, 0.05) is 45.5 Å². The quantitative estimate of drug-likeness (QED) is 0.0203. The molecule has 3 aliphatic rings. The van der Waals surface area contributed by atoms with Crippen molar-refractivity contribution >= 4 is 71.2 Å². The number of carboxylic acids is 1. The molecule has 0 aromatic carbocycles. The molecule has 0 saturated heterocycles. The normalized spacial score (nSPS) is 22.4. The fraction of sp³-hybridized carbons (Fsp3) is 0.885. The number of esters is 3. The number of carboxylic acid groups (broad SMARTS) is 1. The van der Waals surface area contributed by atoms with Gasteiger partial charge in [0.05, 0.1) is 0 Å². The number of nitrogens with one attached hydrogen (secondary N) is 4. The first kappa shape index (κ1) is 98.9. The third-order valence-corrected chi connectivity index (χ3v) is 28.8. The lowest BCUT2D eigenvalue weighted by Crippen LogP contribution is -2.48. The van der Waals surface area contributed by atoms with Gasteiger partial charge in [-0.25, -0.2) is 38.4 Å². The van der Waals surface area contributed by atoms with Crippen LogP contribution < -0.4 is 21.3 Å². The summed E-state index contributed by atoms with van der Waals surface area (Å²) in [6.45, 7) is 62.4. The minimum absolute atomic E-state index is 0.0598. The first-order chi connectivity index (χ1) is 47.1. The molecule has 0 heterocycles. The van der Waals surface area contributed by atoms with Crippen LogP contribution in [0.1, 0.15) is 270 Å². The Labute approximate surface area is 629 Å². The average Bonchev–Trinajstić information content (AvgIpc) is 0.876. The number of hydrogen-bond donors (Lipinski definition) is 6. The fourth-order valence-corrected chi connectivity index (χ4v) is 13.9. The maximum atomic E-state index is 13.2. The summed E-state index contributed by atoms with van der Waals surface area (Å²) in [5, 5.41) is 28.6. The van der Waals surface area contributed by atoms with Crippen molar-refractivity contribution in [1.82, 2.24) is 21.3 Å². The number of alkyl carbamates (subject to hydrolysis) is 4. The predicted molar refractivity (Wildman–Crippen MR) is 412 cm³/mol. The van der Waals surface area contributed by atoms with E-state index >= 15 is 0 Å². The van der Waals surface area contributed by atoms with E-state index in [-0.39, 0.29) is 60.2 Å². The molecular formula is C78H148N4O20Si2. The number of aliphatic hydroxyl groups is 1.